The predicted molar refractivity (Wildman–Crippen MR) is 182 cm³/mol. The molecule has 2 aromatic heterocycles. The van der Waals surface area contributed by atoms with E-state index in [1.807, 2.05) is 25.4 Å². The fraction of sp³-hybridized carbons (Fsp3) is 0.211. The molecule has 0 fully saturated rings. The molecule has 44 heavy (non-hydrogen) atoms. The van der Waals surface area contributed by atoms with Crippen molar-refractivity contribution >= 4 is 24.3 Å². The smallest absolute Gasteiger partial charge is 0.143 e. The van der Waals surface area contributed by atoms with Crippen LogP contribution in [-0.4, -0.2) is 27.7 Å². The van der Waals surface area contributed by atoms with E-state index in [2.05, 4.69) is 124 Å². The molecule has 6 aromatic rings. The number of hydrogen-bond donors (Lipinski definition) is 1. The summed E-state index contributed by atoms with van der Waals surface area (Å²) in [5.41, 5.74) is 9.71. The molecule has 0 amide bonds. The number of pyridine rings is 1. The summed E-state index contributed by atoms with van der Waals surface area (Å²) in [5.74, 6) is 0.954. The van der Waals surface area contributed by atoms with E-state index < -0.39 is 8.07 Å². The second kappa shape index (κ2) is 11.9. The largest absolute Gasteiger partial charge is 0.507 e. The SMILES string of the molecule is Cn1c(-c2cc(C(C)(C)C)ccc2O)nc2c(-c3[c-]c(-c4ccc([Si](C)(C)C)cn4)cc(-c4ccccc4)c3)cccc21.[Pt]. The van der Waals surface area contributed by atoms with Gasteiger partial charge in [0.05, 0.1) is 24.7 Å². The molecule has 0 unspecified atom stereocenters. The Morgan fingerprint density at radius 2 is 1.50 bits per heavy atom. The summed E-state index contributed by atoms with van der Waals surface area (Å²) in [5, 5.41) is 12.3. The van der Waals surface area contributed by atoms with E-state index in [-0.39, 0.29) is 32.2 Å². The molecule has 1 N–H and O–H groups in total. The monoisotopic (exact) mass is 775 g/mol. The third-order valence-electron chi connectivity index (χ3n) is 8.19. The summed E-state index contributed by atoms with van der Waals surface area (Å²) in [6, 6.07) is 34.9. The van der Waals surface area contributed by atoms with Crippen LogP contribution in [0.2, 0.25) is 19.6 Å². The third kappa shape index (κ3) is 6.09. The van der Waals surface area contributed by atoms with Crippen LogP contribution in [0.25, 0.3) is 55.9 Å². The van der Waals surface area contributed by atoms with Gasteiger partial charge in [0.15, 0.2) is 0 Å². The van der Waals surface area contributed by atoms with Crippen molar-refractivity contribution in [3.63, 3.8) is 0 Å². The molecule has 0 aliphatic rings. The Morgan fingerprint density at radius 3 is 2.16 bits per heavy atom. The topological polar surface area (TPSA) is 50.9 Å². The molecule has 6 rings (SSSR count). The van der Waals surface area contributed by atoms with Gasteiger partial charge in [-0.3, -0.25) is 4.98 Å². The maximum atomic E-state index is 10.9. The van der Waals surface area contributed by atoms with Crippen LogP contribution in [0.5, 0.6) is 5.75 Å². The Bertz CT molecular complexity index is 1950. The minimum Gasteiger partial charge on any atom is -0.507 e. The van der Waals surface area contributed by atoms with Crippen LogP contribution in [0, 0.1) is 6.07 Å². The van der Waals surface area contributed by atoms with Gasteiger partial charge in [-0.15, -0.1) is 23.8 Å². The zero-order chi connectivity index (χ0) is 30.5. The van der Waals surface area contributed by atoms with Gasteiger partial charge in [-0.05, 0) is 39.9 Å². The van der Waals surface area contributed by atoms with Crippen LogP contribution in [0.15, 0.2) is 97.2 Å². The van der Waals surface area contributed by atoms with E-state index in [1.165, 1.54) is 5.19 Å². The summed E-state index contributed by atoms with van der Waals surface area (Å²) in [4.78, 5) is 10.1. The Labute approximate surface area is 276 Å². The van der Waals surface area contributed by atoms with Crippen molar-refractivity contribution in [2.24, 2.45) is 7.05 Å². The van der Waals surface area contributed by atoms with Gasteiger partial charge >= 0.3 is 0 Å². The van der Waals surface area contributed by atoms with E-state index in [1.54, 1.807) is 6.07 Å². The van der Waals surface area contributed by atoms with Crippen molar-refractivity contribution in [2.45, 2.75) is 45.8 Å². The first-order valence-corrected chi connectivity index (χ1v) is 18.3. The van der Waals surface area contributed by atoms with Crippen LogP contribution in [-0.2, 0) is 33.5 Å². The van der Waals surface area contributed by atoms with E-state index in [0.717, 1.165) is 61.5 Å². The number of phenolic OH excluding ortho intramolecular Hbond substituents is 1. The number of para-hydroxylation sites is 1. The van der Waals surface area contributed by atoms with Crippen LogP contribution >= 0.6 is 0 Å². The maximum Gasteiger partial charge on any atom is 0.143 e. The zero-order valence-electron chi connectivity index (χ0n) is 26.3. The molecular weight excluding hydrogens is 738 g/mol. The first-order chi connectivity index (χ1) is 20.4. The molecule has 0 aliphatic carbocycles. The van der Waals surface area contributed by atoms with Crippen LogP contribution < -0.4 is 5.19 Å². The molecule has 0 bridgehead atoms. The Kier molecular flexibility index (Phi) is 8.59. The average molecular weight is 776 g/mol. The number of aryl methyl sites for hydroxylation is 1. The predicted octanol–water partition coefficient (Wildman–Crippen LogP) is 8.98. The van der Waals surface area contributed by atoms with Crippen molar-refractivity contribution < 1.29 is 26.2 Å². The molecular formula is C38H38N3OPtSi-. The van der Waals surface area contributed by atoms with Crippen molar-refractivity contribution in [2.75, 3.05) is 0 Å². The third-order valence-corrected chi connectivity index (χ3v) is 10.2. The molecule has 0 spiro atoms. The van der Waals surface area contributed by atoms with Crippen molar-refractivity contribution in [3.05, 3.63) is 109 Å². The molecule has 6 heteroatoms. The first kappa shape index (κ1) is 31.6. The van der Waals surface area contributed by atoms with Gasteiger partial charge in [0.1, 0.15) is 11.6 Å². The van der Waals surface area contributed by atoms with Gasteiger partial charge in [0.25, 0.3) is 0 Å². The minimum atomic E-state index is -1.47. The second-order valence-electron chi connectivity index (χ2n) is 13.4. The summed E-state index contributed by atoms with van der Waals surface area (Å²) in [7, 11) is 0.546. The minimum absolute atomic E-state index is 0. The quantitative estimate of drug-likeness (QED) is 0.141. The number of aromatic hydroxyl groups is 1. The van der Waals surface area contributed by atoms with Gasteiger partial charge in [-0.2, -0.15) is 0 Å². The maximum absolute atomic E-state index is 10.9. The van der Waals surface area contributed by atoms with Crippen molar-refractivity contribution in [1.82, 2.24) is 14.5 Å². The molecule has 0 saturated carbocycles. The van der Waals surface area contributed by atoms with Gasteiger partial charge in [0, 0.05) is 40.0 Å². The molecule has 4 nitrogen and oxygen atoms in total. The Morgan fingerprint density at radius 1 is 0.773 bits per heavy atom. The van der Waals surface area contributed by atoms with Crippen LogP contribution in [0.1, 0.15) is 26.3 Å². The summed E-state index contributed by atoms with van der Waals surface area (Å²) >= 11 is 0. The standard InChI is InChI=1S/C38H38N3OSi.Pt/c1-38(2,3)29-16-19-35(42)32(23-29)37-40-36-31(14-11-15-34(36)41(37)4)27-20-26(25-12-9-8-10-13-25)21-28(22-27)33-18-17-30(24-39-33)43(5,6)7;/h8-21,23-24,42H,1-7H3;/q-1;. The fourth-order valence-electron chi connectivity index (χ4n) is 5.50. The number of hydrogen-bond acceptors (Lipinski definition) is 3. The van der Waals surface area contributed by atoms with Crippen LogP contribution in [0.3, 0.4) is 0 Å². The van der Waals surface area contributed by atoms with Gasteiger partial charge < -0.3 is 9.67 Å². The van der Waals surface area contributed by atoms with Gasteiger partial charge in [0.2, 0.25) is 0 Å². The summed E-state index contributed by atoms with van der Waals surface area (Å²) < 4.78 is 2.07. The van der Waals surface area contributed by atoms with E-state index in [0.29, 0.717) is 0 Å². The molecule has 0 aliphatic heterocycles. The summed E-state index contributed by atoms with van der Waals surface area (Å²) in [6.45, 7) is 13.5. The number of nitrogens with zero attached hydrogens (tertiary/aromatic N) is 3. The van der Waals surface area contributed by atoms with Crippen molar-refractivity contribution in [3.8, 4) is 50.6 Å². The molecule has 0 atom stereocenters. The Hall–Kier alpha value is -3.79. The van der Waals surface area contributed by atoms with Crippen LogP contribution in [0.4, 0.5) is 0 Å². The Balaban J connectivity index is 0.00000384. The number of phenols is 1. The number of rotatable bonds is 5. The van der Waals surface area contributed by atoms with Crippen molar-refractivity contribution in [1.29, 1.82) is 0 Å². The van der Waals surface area contributed by atoms with E-state index >= 15 is 0 Å². The number of aromatic nitrogens is 3. The van der Waals surface area contributed by atoms with E-state index in [9.17, 15) is 5.11 Å². The molecule has 0 radical (unpaired) electrons. The van der Waals surface area contributed by atoms with Gasteiger partial charge in [-0.25, -0.2) is 4.98 Å². The number of benzene rings is 4. The first-order valence-electron chi connectivity index (χ1n) is 14.8. The molecule has 0 saturated heterocycles. The number of imidazole rings is 1. The second-order valence-corrected chi connectivity index (χ2v) is 18.5. The number of fused-ring (bicyclic) bond motifs is 1. The van der Waals surface area contributed by atoms with E-state index in [4.69, 9.17) is 9.97 Å². The molecule has 226 valence electrons. The normalized spacial score (nSPS) is 11.9. The average Bonchev–Trinajstić information content (AvgIpc) is 3.32. The zero-order valence-corrected chi connectivity index (χ0v) is 29.6. The summed E-state index contributed by atoms with van der Waals surface area (Å²) in [6.07, 6.45) is 2.04. The molecule has 2 heterocycles. The van der Waals surface area contributed by atoms with Gasteiger partial charge in [-0.1, -0.05) is 118 Å². The molecule has 4 aromatic carbocycles. The fourth-order valence-corrected chi connectivity index (χ4v) is 6.54.